The molecule has 1 N–H and O–H groups in total. The van der Waals surface area contributed by atoms with Crippen molar-refractivity contribution >= 4 is 17.5 Å². The molecule has 2 amide bonds. The van der Waals surface area contributed by atoms with Gasteiger partial charge in [-0.3, -0.25) is 14.5 Å². The predicted octanol–water partition coefficient (Wildman–Crippen LogP) is 2.17. The number of amides is 2. The van der Waals surface area contributed by atoms with Crippen LogP contribution >= 0.6 is 0 Å². The van der Waals surface area contributed by atoms with Gasteiger partial charge in [0.15, 0.2) is 11.5 Å². The number of anilines is 1. The van der Waals surface area contributed by atoms with E-state index >= 15 is 0 Å². The first kappa shape index (κ1) is 22.4. The molecule has 0 unspecified atom stereocenters. The quantitative estimate of drug-likeness (QED) is 0.696. The molecule has 31 heavy (non-hydrogen) atoms. The maximum absolute atomic E-state index is 12.8. The summed E-state index contributed by atoms with van der Waals surface area (Å²) in [7, 11) is 6.57. The summed E-state index contributed by atoms with van der Waals surface area (Å²) in [5, 5.41) is 2.83. The Balaban J connectivity index is 1.53. The number of ether oxygens (including phenoxy) is 3. The van der Waals surface area contributed by atoms with Crippen molar-refractivity contribution < 1.29 is 23.8 Å². The maximum Gasteiger partial charge on any atom is 0.238 e. The summed E-state index contributed by atoms with van der Waals surface area (Å²) in [6.45, 7) is 1.43. The highest BCUT2D eigenvalue weighted by Crippen LogP contribution is 2.33. The Hall–Kier alpha value is -3.26. The van der Waals surface area contributed by atoms with Crippen LogP contribution in [0.15, 0.2) is 36.4 Å². The van der Waals surface area contributed by atoms with E-state index in [9.17, 15) is 9.59 Å². The second kappa shape index (κ2) is 10.2. The summed E-state index contributed by atoms with van der Waals surface area (Å²) in [4.78, 5) is 28.6. The smallest absolute Gasteiger partial charge is 0.238 e. The summed E-state index contributed by atoms with van der Waals surface area (Å²) >= 11 is 0. The van der Waals surface area contributed by atoms with E-state index in [2.05, 4.69) is 5.32 Å². The standard InChI is InChI=1S/C23H29N3O5/c1-25(14-22(27)24-18-5-7-19(29-2)8-6-18)15-23(28)26-10-9-16-11-20(30-3)21(31-4)12-17(16)13-26/h5-8,11-12H,9-10,13-15H2,1-4H3,(H,24,27). The third-order valence-corrected chi connectivity index (χ3v) is 5.26. The van der Waals surface area contributed by atoms with Gasteiger partial charge < -0.3 is 24.4 Å². The van der Waals surface area contributed by atoms with Crippen LogP contribution in [0.5, 0.6) is 17.2 Å². The topological polar surface area (TPSA) is 80.3 Å². The van der Waals surface area contributed by atoms with Gasteiger partial charge in [-0.2, -0.15) is 0 Å². The van der Waals surface area contributed by atoms with E-state index in [1.165, 1.54) is 0 Å². The summed E-state index contributed by atoms with van der Waals surface area (Å²) in [5.74, 6) is 1.88. The van der Waals surface area contributed by atoms with Crippen LogP contribution in [0.1, 0.15) is 11.1 Å². The molecular formula is C23H29N3O5. The first-order valence-electron chi connectivity index (χ1n) is 10.1. The molecule has 2 aromatic rings. The SMILES string of the molecule is COc1ccc(NC(=O)CN(C)CC(=O)N2CCc3cc(OC)c(OC)cc3C2)cc1. The van der Waals surface area contributed by atoms with Crippen molar-refractivity contribution in [1.82, 2.24) is 9.80 Å². The summed E-state index contributed by atoms with van der Waals surface area (Å²) in [6, 6.07) is 11.0. The van der Waals surface area contributed by atoms with Gasteiger partial charge in [-0.15, -0.1) is 0 Å². The highest BCUT2D eigenvalue weighted by Gasteiger charge is 2.24. The van der Waals surface area contributed by atoms with Crippen molar-refractivity contribution in [3.05, 3.63) is 47.5 Å². The largest absolute Gasteiger partial charge is 0.497 e. The lowest BCUT2D eigenvalue weighted by Crippen LogP contribution is -2.43. The van der Waals surface area contributed by atoms with Crippen molar-refractivity contribution in [2.75, 3.05) is 53.3 Å². The number of nitrogens with one attached hydrogen (secondary N) is 1. The number of methoxy groups -OCH3 is 3. The lowest BCUT2D eigenvalue weighted by molar-refractivity contribution is -0.133. The molecule has 166 valence electrons. The van der Waals surface area contributed by atoms with Gasteiger partial charge in [0, 0.05) is 18.8 Å². The highest BCUT2D eigenvalue weighted by atomic mass is 16.5. The lowest BCUT2D eigenvalue weighted by atomic mass is 9.98. The number of nitrogens with zero attached hydrogens (tertiary/aromatic N) is 2. The van der Waals surface area contributed by atoms with E-state index in [0.29, 0.717) is 30.3 Å². The molecule has 0 atom stereocenters. The van der Waals surface area contributed by atoms with Crippen molar-refractivity contribution in [2.24, 2.45) is 0 Å². The number of hydrogen-bond acceptors (Lipinski definition) is 6. The molecular weight excluding hydrogens is 398 g/mol. The van der Waals surface area contributed by atoms with Gasteiger partial charge in [-0.05, 0) is 61.0 Å². The lowest BCUT2D eigenvalue weighted by Gasteiger charge is -2.31. The Morgan fingerprint density at radius 2 is 1.61 bits per heavy atom. The zero-order chi connectivity index (χ0) is 22.4. The van der Waals surface area contributed by atoms with Crippen molar-refractivity contribution in [3.8, 4) is 17.2 Å². The number of rotatable bonds is 8. The second-order valence-electron chi connectivity index (χ2n) is 7.49. The van der Waals surface area contributed by atoms with Crippen LogP contribution in [-0.4, -0.2) is 69.6 Å². The Morgan fingerprint density at radius 1 is 0.968 bits per heavy atom. The van der Waals surface area contributed by atoms with Gasteiger partial charge >= 0.3 is 0 Å². The zero-order valence-electron chi connectivity index (χ0n) is 18.4. The molecule has 8 heteroatoms. The Labute approximate surface area is 182 Å². The Bertz CT molecular complexity index is 930. The molecule has 2 aromatic carbocycles. The number of fused-ring (bicyclic) bond motifs is 1. The molecule has 0 radical (unpaired) electrons. The minimum absolute atomic E-state index is 0.0137. The monoisotopic (exact) mass is 427 g/mol. The van der Waals surface area contributed by atoms with Crippen LogP contribution in [0.3, 0.4) is 0 Å². The fourth-order valence-electron chi connectivity index (χ4n) is 3.60. The van der Waals surface area contributed by atoms with E-state index in [1.807, 2.05) is 17.0 Å². The zero-order valence-corrected chi connectivity index (χ0v) is 18.4. The minimum atomic E-state index is -0.179. The molecule has 8 nitrogen and oxygen atoms in total. The molecule has 0 aliphatic carbocycles. The Morgan fingerprint density at radius 3 is 2.23 bits per heavy atom. The average Bonchev–Trinajstić information content (AvgIpc) is 2.77. The first-order chi connectivity index (χ1) is 14.9. The third kappa shape index (κ3) is 5.67. The van der Waals surface area contributed by atoms with Gasteiger partial charge in [0.2, 0.25) is 11.8 Å². The van der Waals surface area contributed by atoms with E-state index < -0.39 is 0 Å². The minimum Gasteiger partial charge on any atom is -0.497 e. The van der Waals surface area contributed by atoms with Crippen LogP contribution in [0, 0.1) is 0 Å². The molecule has 0 saturated heterocycles. The summed E-state index contributed by atoms with van der Waals surface area (Å²) in [5.41, 5.74) is 2.90. The molecule has 1 aliphatic rings. The number of carbonyl (C=O) groups excluding carboxylic acids is 2. The van der Waals surface area contributed by atoms with E-state index in [-0.39, 0.29) is 24.9 Å². The molecule has 0 fully saturated rings. The van der Waals surface area contributed by atoms with Gasteiger partial charge in [-0.1, -0.05) is 0 Å². The molecule has 1 aliphatic heterocycles. The van der Waals surface area contributed by atoms with Crippen molar-refractivity contribution in [1.29, 1.82) is 0 Å². The molecule has 0 aromatic heterocycles. The first-order valence-corrected chi connectivity index (χ1v) is 10.1. The van der Waals surface area contributed by atoms with E-state index in [1.54, 1.807) is 57.5 Å². The average molecular weight is 428 g/mol. The van der Waals surface area contributed by atoms with Crippen LogP contribution in [0.4, 0.5) is 5.69 Å². The number of carbonyl (C=O) groups is 2. The van der Waals surface area contributed by atoms with Crippen molar-refractivity contribution in [2.45, 2.75) is 13.0 Å². The summed E-state index contributed by atoms with van der Waals surface area (Å²) < 4.78 is 15.9. The highest BCUT2D eigenvalue weighted by molar-refractivity contribution is 5.92. The fraction of sp³-hybridized carbons (Fsp3) is 0.391. The number of likely N-dealkylation sites (N-methyl/N-ethyl adjacent to an activating group) is 1. The van der Waals surface area contributed by atoms with Crippen molar-refractivity contribution in [3.63, 3.8) is 0 Å². The van der Waals surface area contributed by atoms with E-state index in [0.717, 1.165) is 23.3 Å². The molecule has 0 bridgehead atoms. The predicted molar refractivity (Wildman–Crippen MR) is 118 cm³/mol. The van der Waals surface area contributed by atoms with Gasteiger partial charge in [0.25, 0.3) is 0 Å². The van der Waals surface area contributed by atoms with Crippen LogP contribution < -0.4 is 19.5 Å². The van der Waals surface area contributed by atoms with Gasteiger partial charge in [0.1, 0.15) is 5.75 Å². The Kier molecular flexibility index (Phi) is 7.36. The molecule has 1 heterocycles. The molecule has 0 spiro atoms. The normalized spacial score (nSPS) is 12.9. The van der Waals surface area contributed by atoms with Crippen LogP contribution in [-0.2, 0) is 22.6 Å². The molecule has 0 saturated carbocycles. The van der Waals surface area contributed by atoms with E-state index in [4.69, 9.17) is 14.2 Å². The number of hydrogen-bond donors (Lipinski definition) is 1. The van der Waals surface area contributed by atoms with Gasteiger partial charge in [-0.25, -0.2) is 0 Å². The second-order valence-corrected chi connectivity index (χ2v) is 7.49. The van der Waals surface area contributed by atoms with Gasteiger partial charge in [0.05, 0.1) is 34.4 Å². The maximum atomic E-state index is 12.8. The molecule has 3 rings (SSSR count). The van der Waals surface area contributed by atoms with Crippen LogP contribution in [0.25, 0.3) is 0 Å². The third-order valence-electron chi connectivity index (χ3n) is 5.26. The summed E-state index contributed by atoms with van der Waals surface area (Å²) in [6.07, 6.45) is 0.753. The van der Waals surface area contributed by atoms with Crippen LogP contribution in [0.2, 0.25) is 0 Å². The number of benzene rings is 2. The fourth-order valence-corrected chi connectivity index (χ4v) is 3.60.